The third-order valence-corrected chi connectivity index (χ3v) is 4.57. The van der Waals surface area contributed by atoms with Gasteiger partial charge in [0.05, 0.1) is 0 Å². The van der Waals surface area contributed by atoms with Crippen LogP contribution >= 0.6 is 0 Å². The van der Waals surface area contributed by atoms with Gasteiger partial charge in [-0.1, -0.05) is 25.7 Å². The van der Waals surface area contributed by atoms with Crippen molar-refractivity contribution >= 4 is 5.91 Å². The zero-order valence-corrected chi connectivity index (χ0v) is 10.8. The number of amides is 1. The number of carbonyl (C=O) groups excluding carboxylic acids is 1. The van der Waals surface area contributed by atoms with Crippen LogP contribution in [-0.2, 0) is 4.79 Å². The van der Waals surface area contributed by atoms with Crippen LogP contribution in [0.5, 0.6) is 0 Å². The number of hydrogen-bond acceptors (Lipinski definition) is 2. The predicted octanol–water partition coefficient (Wildman–Crippen LogP) is 2.20. The fourth-order valence-corrected chi connectivity index (χ4v) is 3.63. The Morgan fingerprint density at radius 3 is 2.65 bits per heavy atom. The summed E-state index contributed by atoms with van der Waals surface area (Å²) < 4.78 is 0. The van der Waals surface area contributed by atoms with Gasteiger partial charge in [-0.3, -0.25) is 4.79 Å². The van der Waals surface area contributed by atoms with Crippen LogP contribution in [0.25, 0.3) is 0 Å². The number of rotatable bonds is 5. The second-order valence-corrected chi connectivity index (χ2v) is 5.84. The lowest BCUT2D eigenvalue weighted by Crippen LogP contribution is -2.39. The van der Waals surface area contributed by atoms with E-state index < -0.39 is 0 Å². The Morgan fingerprint density at radius 1 is 1.12 bits per heavy atom. The van der Waals surface area contributed by atoms with Crippen molar-refractivity contribution in [2.45, 2.75) is 63.8 Å². The zero-order valence-electron chi connectivity index (χ0n) is 10.8. The van der Waals surface area contributed by atoms with Crippen molar-refractivity contribution in [1.29, 1.82) is 0 Å². The minimum atomic E-state index is -0.178. The van der Waals surface area contributed by atoms with Gasteiger partial charge in [-0.2, -0.15) is 0 Å². The van der Waals surface area contributed by atoms with Crippen LogP contribution in [-0.4, -0.2) is 18.5 Å². The molecule has 0 heterocycles. The maximum Gasteiger partial charge on any atom is 0.217 e. The van der Waals surface area contributed by atoms with E-state index >= 15 is 0 Å². The van der Waals surface area contributed by atoms with Crippen LogP contribution in [0.4, 0.5) is 0 Å². The topological polar surface area (TPSA) is 55.1 Å². The van der Waals surface area contributed by atoms with Crippen LogP contribution in [0.1, 0.15) is 57.8 Å². The molecule has 0 aromatic heterocycles. The molecule has 17 heavy (non-hydrogen) atoms. The van der Waals surface area contributed by atoms with Gasteiger partial charge in [0.1, 0.15) is 0 Å². The van der Waals surface area contributed by atoms with Gasteiger partial charge in [0.2, 0.25) is 5.91 Å². The monoisotopic (exact) mass is 238 g/mol. The molecule has 2 aliphatic carbocycles. The van der Waals surface area contributed by atoms with Gasteiger partial charge in [-0.25, -0.2) is 0 Å². The van der Waals surface area contributed by atoms with E-state index in [1.165, 1.54) is 44.9 Å². The summed E-state index contributed by atoms with van der Waals surface area (Å²) in [6.07, 6.45) is 11.3. The lowest BCUT2D eigenvalue weighted by atomic mass is 9.69. The summed E-state index contributed by atoms with van der Waals surface area (Å²) in [6, 6.07) is 0.697. The van der Waals surface area contributed by atoms with Gasteiger partial charge in [-0.15, -0.1) is 0 Å². The Labute approximate surface area is 105 Å². The molecule has 3 heteroatoms. The zero-order chi connectivity index (χ0) is 12.1. The van der Waals surface area contributed by atoms with Gasteiger partial charge in [0, 0.05) is 12.5 Å². The summed E-state index contributed by atoms with van der Waals surface area (Å²) in [7, 11) is 0. The molecule has 0 bridgehead atoms. The molecule has 0 saturated heterocycles. The fraction of sp³-hybridized carbons (Fsp3) is 0.929. The van der Waals surface area contributed by atoms with Crippen molar-refractivity contribution in [1.82, 2.24) is 5.32 Å². The highest BCUT2D eigenvalue weighted by Crippen LogP contribution is 2.40. The second kappa shape index (κ2) is 6.39. The fourth-order valence-electron chi connectivity index (χ4n) is 3.63. The largest absolute Gasteiger partial charge is 0.370 e. The Kier molecular flexibility index (Phi) is 4.84. The first kappa shape index (κ1) is 12.9. The molecule has 3 nitrogen and oxygen atoms in total. The van der Waals surface area contributed by atoms with Crippen molar-refractivity contribution in [2.75, 3.05) is 6.54 Å². The summed E-state index contributed by atoms with van der Waals surface area (Å²) >= 11 is 0. The molecule has 3 unspecified atom stereocenters. The van der Waals surface area contributed by atoms with Crippen molar-refractivity contribution in [2.24, 2.45) is 17.6 Å². The second-order valence-electron chi connectivity index (χ2n) is 5.84. The number of fused-ring (bicyclic) bond motifs is 1. The van der Waals surface area contributed by atoms with Gasteiger partial charge < -0.3 is 11.1 Å². The maximum atomic E-state index is 10.6. The van der Waals surface area contributed by atoms with Crippen LogP contribution in [0.3, 0.4) is 0 Å². The summed E-state index contributed by atoms with van der Waals surface area (Å²) in [5.74, 6) is 1.82. The number of carbonyl (C=O) groups is 1. The molecular formula is C14H26N2O. The highest BCUT2D eigenvalue weighted by Gasteiger charge is 2.31. The number of nitrogens with one attached hydrogen (secondary N) is 1. The van der Waals surface area contributed by atoms with Gasteiger partial charge in [0.25, 0.3) is 0 Å². The van der Waals surface area contributed by atoms with E-state index in [0.29, 0.717) is 12.5 Å². The summed E-state index contributed by atoms with van der Waals surface area (Å²) in [4.78, 5) is 10.6. The molecule has 2 aliphatic rings. The van der Waals surface area contributed by atoms with Crippen LogP contribution in [0, 0.1) is 11.8 Å². The third-order valence-electron chi connectivity index (χ3n) is 4.57. The summed E-state index contributed by atoms with van der Waals surface area (Å²) in [6.45, 7) is 0.949. The molecule has 0 aliphatic heterocycles. The van der Waals surface area contributed by atoms with Crippen molar-refractivity contribution < 1.29 is 4.79 Å². The third kappa shape index (κ3) is 3.98. The molecule has 0 radical (unpaired) electrons. The molecule has 1 amide bonds. The predicted molar refractivity (Wildman–Crippen MR) is 69.5 cm³/mol. The van der Waals surface area contributed by atoms with E-state index in [9.17, 15) is 4.79 Å². The van der Waals surface area contributed by atoms with E-state index in [1.807, 2.05) is 0 Å². The Morgan fingerprint density at radius 2 is 1.88 bits per heavy atom. The van der Waals surface area contributed by atoms with Gasteiger partial charge in [0.15, 0.2) is 0 Å². The number of hydrogen-bond donors (Lipinski definition) is 2. The van der Waals surface area contributed by atoms with E-state index in [-0.39, 0.29) is 5.91 Å². The Hall–Kier alpha value is -0.570. The Balaban J connectivity index is 1.64. The SMILES string of the molecule is NC(=O)CCCNC1CCC2CCCCC2C1. The molecular weight excluding hydrogens is 212 g/mol. The lowest BCUT2D eigenvalue weighted by molar-refractivity contribution is -0.118. The van der Waals surface area contributed by atoms with E-state index in [2.05, 4.69) is 5.32 Å². The smallest absolute Gasteiger partial charge is 0.217 e. The van der Waals surface area contributed by atoms with Gasteiger partial charge >= 0.3 is 0 Å². The summed E-state index contributed by atoms with van der Waals surface area (Å²) in [5.41, 5.74) is 5.13. The minimum Gasteiger partial charge on any atom is -0.370 e. The molecule has 0 aromatic rings. The van der Waals surface area contributed by atoms with E-state index in [4.69, 9.17) is 5.73 Å². The van der Waals surface area contributed by atoms with E-state index in [1.54, 1.807) is 0 Å². The molecule has 0 spiro atoms. The Bertz CT molecular complexity index is 255. The average Bonchev–Trinajstić information content (AvgIpc) is 2.34. The molecule has 3 N–H and O–H groups in total. The first-order chi connectivity index (χ1) is 8.25. The molecule has 2 fully saturated rings. The van der Waals surface area contributed by atoms with Gasteiger partial charge in [-0.05, 0) is 44.1 Å². The quantitative estimate of drug-likeness (QED) is 0.721. The molecule has 2 saturated carbocycles. The molecule has 98 valence electrons. The van der Waals surface area contributed by atoms with E-state index in [0.717, 1.165) is 24.8 Å². The normalized spacial score (nSPS) is 33.1. The molecule has 2 rings (SSSR count). The first-order valence-electron chi connectivity index (χ1n) is 7.27. The van der Waals surface area contributed by atoms with Crippen molar-refractivity contribution in [3.63, 3.8) is 0 Å². The number of nitrogens with two attached hydrogens (primary N) is 1. The lowest BCUT2D eigenvalue weighted by Gasteiger charge is -2.39. The summed E-state index contributed by atoms with van der Waals surface area (Å²) in [5, 5.41) is 3.60. The number of primary amides is 1. The molecule has 3 atom stereocenters. The van der Waals surface area contributed by atoms with Crippen LogP contribution in [0.2, 0.25) is 0 Å². The van der Waals surface area contributed by atoms with Crippen LogP contribution < -0.4 is 11.1 Å². The highest BCUT2D eigenvalue weighted by molar-refractivity contribution is 5.73. The molecule has 0 aromatic carbocycles. The van der Waals surface area contributed by atoms with Crippen molar-refractivity contribution in [3.8, 4) is 0 Å². The highest BCUT2D eigenvalue weighted by atomic mass is 16.1. The average molecular weight is 238 g/mol. The first-order valence-corrected chi connectivity index (χ1v) is 7.27. The minimum absolute atomic E-state index is 0.178. The maximum absolute atomic E-state index is 10.6. The standard InChI is InChI=1S/C14H26N2O/c15-14(17)6-3-9-16-13-8-7-11-4-1-2-5-12(11)10-13/h11-13,16H,1-10H2,(H2,15,17). The van der Waals surface area contributed by atoms with Crippen LogP contribution in [0.15, 0.2) is 0 Å². The van der Waals surface area contributed by atoms with Crippen molar-refractivity contribution in [3.05, 3.63) is 0 Å².